The molecule has 2 heterocycles. The molecule has 0 spiro atoms. The summed E-state index contributed by atoms with van der Waals surface area (Å²) in [6, 6.07) is 12.5. The third kappa shape index (κ3) is 4.93. The Morgan fingerprint density at radius 3 is 2.46 bits per heavy atom. The van der Waals surface area contributed by atoms with E-state index in [1.54, 1.807) is 0 Å². The number of halogens is 2. The van der Waals surface area contributed by atoms with E-state index < -0.39 is 0 Å². The fraction of sp³-hybridized carbons (Fsp3) is 0.450. The largest absolute Gasteiger partial charge is 0.345 e. The predicted octanol–water partition coefficient (Wildman–Crippen LogP) is 2.68. The van der Waals surface area contributed by atoms with Crippen LogP contribution in [0.15, 0.2) is 36.4 Å². The molecule has 4 rings (SSSR count). The quantitative estimate of drug-likeness (QED) is 0.817. The van der Waals surface area contributed by atoms with E-state index in [9.17, 15) is 4.79 Å². The Kier molecular flexibility index (Phi) is 7.63. The van der Waals surface area contributed by atoms with E-state index in [2.05, 4.69) is 27.0 Å². The molecule has 1 amide bonds. The van der Waals surface area contributed by atoms with Crippen molar-refractivity contribution in [1.29, 1.82) is 0 Å². The molecule has 0 bridgehead atoms. The van der Waals surface area contributed by atoms with Gasteiger partial charge in [0.1, 0.15) is 11.6 Å². The second-order valence-electron chi connectivity index (χ2n) is 7.35. The number of piperazine rings is 1. The van der Waals surface area contributed by atoms with E-state index >= 15 is 0 Å². The molecule has 2 aromatic rings. The Labute approximate surface area is 178 Å². The van der Waals surface area contributed by atoms with Crippen molar-refractivity contribution in [3.63, 3.8) is 0 Å². The van der Waals surface area contributed by atoms with Gasteiger partial charge in [0.15, 0.2) is 0 Å². The number of amides is 1. The molecule has 1 aliphatic heterocycles. The molecule has 2 N–H and O–H groups in total. The van der Waals surface area contributed by atoms with E-state index in [0.717, 1.165) is 42.3 Å². The lowest BCUT2D eigenvalue weighted by atomic mass is 9.78. The number of hydrogen-bond donors (Lipinski definition) is 1. The average Bonchev–Trinajstić information content (AvgIpc) is 2.61. The molecule has 6 nitrogen and oxygen atoms in total. The van der Waals surface area contributed by atoms with Gasteiger partial charge >= 0.3 is 0 Å². The highest BCUT2D eigenvalue weighted by molar-refractivity contribution is 5.85. The number of rotatable bonds is 4. The topological polar surface area (TPSA) is 75.3 Å². The molecule has 1 saturated heterocycles. The summed E-state index contributed by atoms with van der Waals surface area (Å²) in [5, 5.41) is 0. The molecule has 1 aromatic carbocycles. The first-order chi connectivity index (χ1) is 12.6. The monoisotopic (exact) mass is 423 g/mol. The highest BCUT2D eigenvalue weighted by Gasteiger charge is 2.30. The minimum atomic E-state index is 0. The van der Waals surface area contributed by atoms with Crippen LogP contribution < -0.4 is 10.6 Å². The van der Waals surface area contributed by atoms with Crippen molar-refractivity contribution in [2.45, 2.75) is 38.3 Å². The van der Waals surface area contributed by atoms with Crippen molar-refractivity contribution in [3.8, 4) is 0 Å². The number of carbonyl (C=O) groups excluding carboxylic acids is 1. The summed E-state index contributed by atoms with van der Waals surface area (Å²) in [5.41, 5.74) is 8.14. The fourth-order valence-electron chi connectivity index (χ4n) is 3.72. The standard InChI is InChI=1S/C20H25N5O.2ClH/c1-14-22-18(16-9-17(21)10-16)11-19(23-14)24-7-8-25(20(26)13-24)12-15-5-3-2-4-6-15;;/h2-6,11,16-17H,7-10,12-13,21H2,1H3;2*1H. The van der Waals surface area contributed by atoms with Crippen LogP contribution in [0.5, 0.6) is 0 Å². The van der Waals surface area contributed by atoms with Crippen molar-refractivity contribution >= 4 is 36.5 Å². The lowest BCUT2D eigenvalue weighted by Gasteiger charge is -2.36. The second kappa shape index (κ2) is 9.54. The smallest absolute Gasteiger partial charge is 0.242 e. The number of hydrogen-bond acceptors (Lipinski definition) is 5. The van der Waals surface area contributed by atoms with Crippen molar-refractivity contribution in [1.82, 2.24) is 14.9 Å². The number of carbonyl (C=O) groups is 1. The number of nitrogens with two attached hydrogens (primary N) is 1. The molecule has 1 aliphatic carbocycles. The molecule has 0 atom stereocenters. The molecule has 1 aromatic heterocycles. The Morgan fingerprint density at radius 2 is 1.82 bits per heavy atom. The zero-order valence-corrected chi connectivity index (χ0v) is 17.6. The number of aromatic nitrogens is 2. The second-order valence-corrected chi connectivity index (χ2v) is 7.35. The van der Waals surface area contributed by atoms with Crippen LogP contribution in [0.25, 0.3) is 0 Å². The average molecular weight is 424 g/mol. The first kappa shape index (κ1) is 22.4. The molecule has 1 saturated carbocycles. The molecule has 0 unspecified atom stereocenters. The van der Waals surface area contributed by atoms with E-state index in [0.29, 0.717) is 31.6 Å². The molecular weight excluding hydrogens is 397 g/mol. The summed E-state index contributed by atoms with van der Waals surface area (Å²) in [7, 11) is 0. The van der Waals surface area contributed by atoms with Crippen LogP contribution in [0, 0.1) is 6.92 Å². The highest BCUT2D eigenvalue weighted by atomic mass is 35.5. The minimum absolute atomic E-state index is 0. The Hall–Kier alpha value is -1.89. The molecular formula is C20H27Cl2N5O. The summed E-state index contributed by atoms with van der Waals surface area (Å²) in [6.07, 6.45) is 1.97. The summed E-state index contributed by atoms with van der Waals surface area (Å²) in [4.78, 5) is 25.8. The van der Waals surface area contributed by atoms with Gasteiger partial charge in [0.05, 0.1) is 6.54 Å². The Balaban J connectivity index is 0.00000140. The summed E-state index contributed by atoms with van der Waals surface area (Å²) in [5.74, 6) is 2.20. The summed E-state index contributed by atoms with van der Waals surface area (Å²) >= 11 is 0. The number of aryl methyl sites for hydroxylation is 1. The van der Waals surface area contributed by atoms with E-state index in [-0.39, 0.29) is 30.7 Å². The maximum atomic E-state index is 12.6. The van der Waals surface area contributed by atoms with Crippen LogP contribution in [0.3, 0.4) is 0 Å². The predicted molar refractivity (Wildman–Crippen MR) is 115 cm³/mol. The minimum Gasteiger partial charge on any atom is -0.345 e. The third-order valence-electron chi connectivity index (χ3n) is 5.30. The molecule has 152 valence electrons. The third-order valence-corrected chi connectivity index (χ3v) is 5.30. The summed E-state index contributed by atoms with van der Waals surface area (Å²) < 4.78 is 0. The van der Waals surface area contributed by atoms with Gasteiger partial charge in [-0.25, -0.2) is 9.97 Å². The van der Waals surface area contributed by atoms with Crippen LogP contribution in [0.1, 0.15) is 35.8 Å². The van der Waals surface area contributed by atoms with Crippen LogP contribution in [-0.4, -0.2) is 46.5 Å². The first-order valence-corrected chi connectivity index (χ1v) is 9.26. The van der Waals surface area contributed by atoms with Gasteiger partial charge in [0.2, 0.25) is 5.91 Å². The molecule has 2 fully saturated rings. The van der Waals surface area contributed by atoms with Crippen LogP contribution >= 0.6 is 24.8 Å². The Bertz CT molecular complexity index is 798. The van der Waals surface area contributed by atoms with Gasteiger partial charge in [-0.3, -0.25) is 4.79 Å². The van der Waals surface area contributed by atoms with E-state index in [4.69, 9.17) is 5.73 Å². The molecule has 0 radical (unpaired) electrons. The molecule has 2 aliphatic rings. The fourth-order valence-corrected chi connectivity index (χ4v) is 3.72. The zero-order valence-electron chi connectivity index (χ0n) is 16.0. The molecule has 8 heteroatoms. The first-order valence-electron chi connectivity index (χ1n) is 9.26. The van der Waals surface area contributed by atoms with Crippen molar-refractivity contribution in [3.05, 3.63) is 53.5 Å². The van der Waals surface area contributed by atoms with Gasteiger partial charge in [-0.1, -0.05) is 30.3 Å². The highest BCUT2D eigenvalue weighted by Crippen LogP contribution is 2.35. The lowest BCUT2D eigenvalue weighted by Crippen LogP contribution is -2.50. The van der Waals surface area contributed by atoms with Crippen molar-refractivity contribution in [2.75, 3.05) is 24.5 Å². The van der Waals surface area contributed by atoms with Gasteiger partial charge in [0, 0.05) is 43.4 Å². The van der Waals surface area contributed by atoms with Crippen molar-refractivity contribution < 1.29 is 4.79 Å². The maximum absolute atomic E-state index is 12.6. The van der Waals surface area contributed by atoms with Crippen LogP contribution in [0.2, 0.25) is 0 Å². The van der Waals surface area contributed by atoms with Crippen LogP contribution in [0.4, 0.5) is 5.82 Å². The SMILES string of the molecule is Cc1nc(C2CC(N)C2)cc(N2CCN(Cc3ccccc3)C(=O)C2)n1.Cl.Cl. The molecule has 28 heavy (non-hydrogen) atoms. The Morgan fingerprint density at radius 1 is 1.11 bits per heavy atom. The van der Waals surface area contributed by atoms with Crippen molar-refractivity contribution in [2.24, 2.45) is 5.73 Å². The normalized spacial score (nSPS) is 21.4. The van der Waals surface area contributed by atoms with Crippen LogP contribution in [-0.2, 0) is 11.3 Å². The zero-order chi connectivity index (χ0) is 18.1. The van der Waals surface area contributed by atoms with Gasteiger partial charge in [-0.15, -0.1) is 24.8 Å². The summed E-state index contributed by atoms with van der Waals surface area (Å²) in [6.45, 7) is 4.45. The van der Waals surface area contributed by atoms with Gasteiger partial charge in [-0.05, 0) is 25.3 Å². The number of anilines is 1. The van der Waals surface area contributed by atoms with E-state index in [1.807, 2.05) is 36.1 Å². The lowest BCUT2D eigenvalue weighted by molar-refractivity contribution is -0.131. The van der Waals surface area contributed by atoms with E-state index in [1.165, 1.54) is 0 Å². The number of nitrogens with zero attached hydrogens (tertiary/aromatic N) is 4. The van der Waals surface area contributed by atoms with Gasteiger partial charge in [0.25, 0.3) is 0 Å². The van der Waals surface area contributed by atoms with Gasteiger partial charge < -0.3 is 15.5 Å². The maximum Gasteiger partial charge on any atom is 0.242 e. The number of benzene rings is 1. The van der Waals surface area contributed by atoms with Gasteiger partial charge in [-0.2, -0.15) is 0 Å².